The Hall–Kier alpha value is -2.06. The highest BCUT2D eigenvalue weighted by Gasteiger charge is 2.23. The first-order valence-corrected chi connectivity index (χ1v) is 7.27. The minimum atomic E-state index is -0.307. The minimum Gasteiger partial charge on any atom is -0.484 e. The lowest BCUT2D eigenvalue weighted by atomic mass is 9.86. The van der Waals surface area contributed by atoms with Crippen molar-refractivity contribution in [2.45, 2.75) is 31.8 Å². The summed E-state index contributed by atoms with van der Waals surface area (Å²) in [6.07, 6.45) is 3.64. The zero-order valence-corrected chi connectivity index (χ0v) is 11.9. The molecule has 21 heavy (non-hydrogen) atoms. The number of amides is 1. The molecule has 2 atom stereocenters. The Morgan fingerprint density at radius 2 is 2.05 bits per heavy atom. The maximum atomic E-state index is 11.7. The van der Waals surface area contributed by atoms with Crippen molar-refractivity contribution in [2.75, 3.05) is 13.2 Å². The summed E-state index contributed by atoms with van der Waals surface area (Å²) in [5.74, 6) is 0.511. The molecule has 1 aliphatic carbocycles. The van der Waals surface area contributed by atoms with Crippen molar-refractivity contribution in [1.29, 1.82) is 5.26 Å². The summed E-state index contributed by atoms with van der Waals surface area (Å²) in [5.41, 5.74) is 0.554. The fraction of sp³-hybridized carbons (Fsp3) is 0.500. The number of nitrogens with one attached hydrogen (secondary N) is 1. The molecule has 2 unspecified atom stereocenters. The van der Waals surface area contributed by atoms with Gasteiger partial charge in [0, 0.05) is 12.5 Å². The second-order valence-corrected chi connectivity index (χ2v) is 5.34. The number of hydrogen-bond acceptors (Lipinski definition) is 4. The van der Waals surface area contributed by atoms with Crippen molar-refractivity contribution in [3.8, 4) is 11.8 Å². The normalized spacial score (nSPS) is 21.3. The van der Waals surface area contributed by atoms with Crippen LogP contribution in [0.15, 0.2) is 24.3 Å². The molecule has 1 saturated carbocycles. The van der Waals surface area contributed by atoms with Crippen LogP contribution in [-0.4, -0.2) is 30.3 Å². The quantitative estimate of drug-likeness (QED) is 0.862. The third-order valence-corrected chi connectivity index (χ3v) is 3.78. The first kappa shape index (κ1) is 15.3. The number of ether oxygens (including phenoxy) is 1. The molecule has 112 valence electrons. The van der Waals surface area contributed by atoms with Gasteiger partial charge in [0.05, 0.1) is 17.7 Å². The lowest BCUT2D eigenvalue weighted by Crippen LogP contribution is -2.38. The fourth-order valence-electron chi connectivity index (χ4n) is 2.50. The number of nitrogens with zero attached hydrogens (tertiary/aromatic N) is 1. The predicted molar refractivity (Wildman–Crippen MR) is 77.6 cm³/mol. The van der Waals surface area contributed by atoms with Gasteiger partial charge in [-0.2, -0.15) is 5.26 Å². The highest BCUT2D eigenvalue weighted by Crippen LogP contribution is 2.23. The predicted octanol–water partition coefficient (Wildman–Crippen LogP) is 1.60. The molecule has 0 aromatic heterocycles. The van der Waals surface area contributed by atoms with E-state index in [0.29, 0.717) is 17.9 Å². The van der Waals surface area contributed by atoms with Gasteiger partial charge in [-0.3, -0.25) is 4.79 Å². The zero-order chi connectivity index (χ0) is 15.1. The number of nitriles is 1. The lowest BCUT2D eigenvalue weighted by Gasteiger charge is -2.27. The molecule has 1 aromatic carbocycles. The molecule has 0 spiro atoms. The summed E-state index contributed by atoms with van der Waals surface area (Å²) in [4.78, 5) is 11.7. The molecule has 0 radical (unpaired) electrons. The highest BCUT2D eigenvalue weighted by atomic mass is 16.5. The molecule has 1 fully saturated rings. The van der Waals surface area contributed by atoms with Gasteiger partial charge in [0.1, 0.15) is 5.75 Å². The zero-order valence-electron chi connectivity index (χ0n) is 11.9. The monoisotopic (exact) mass is 288 g/mol. The van der Waals surface area contributed by atoms with E-state index < -0.39 is 0 Å². The SMILES string of the molecule is N#Cc1ccc(OCC(=O)NCC2CCCCC2O)cc1. The number of benzene rings is 1. The summed E-state index contributed by atoms with van der Waals surface area (Å²) < 4.78 is 5.35. The van der Waals surface area contributed by atoms with E-state index in [1.165, 1.54) is 0 Å². The Morgan fingerprint density at radius 3 is 2.71 bits per heavy atom. The topological polar surface area (TPSA) is 82.3 Å². The van der Waals surface area contributed by atoms with Gasteiger partial charge in [-0.1, -0.05) is 12.8 Å². The number of rotatable bonds is 5. The Bertz CT molecular complexity index is 507. The van der Waals surface area contributed by atoms with Crippen molar-refractivity contribution in [3.05, 3.63) is 29.8 Å². The van der Waals surface area contributed by atoms with Gasteiger partial charge >= 0.3 is 0 Å². The molecule has 0 heterocycles. The lowest BCUT2D eigenvalue weighted by molar-refractivity contribution is -0.123. The second kappa shape index (κ2) is 7.65. The second-order valence-electron chi connectivity index (χ2n) is 5.34. The summed E-state index contributed by atoms with van der Waals surface area (Å²) in [5, 5.41) is 21.3. The van der Waals surface area contributed by atoms with Crippen LogP contribution in [0.5, 0.6) is 5.75 Å². The van der Waals surface area contributed by atoms with Crippen molar-refractivity contribution in [2.24, 2.45) is 5.92 Å². The van der Waals surface area contributed by atoms with E-state index in [1.807, 2.05) is 6.07 Å². The highest BCUT2D eigenvalue weighted by molar-refractivity contribution is 5.77. The summed E-state index contributed by atoms with van der Waals surface area (Å²) >= 11 is 0. The van der Waals surface area contributed by atoms with Gasteiger partial charge in [0.2, 0.25) is 0 Å². The largest absolute Gasteiger partial charge is 0.484 e. The first-order valence-electron chi connectivity index (χ1n) is 7.27. The molecule has 0 aliphatic heterocycles. The molecule has 1 aliphatic rings. The van der Waals surface area contributed by atoms with E-state index >= 15 is 0 Å². The molecule has 2 rings (SSSR count). The third kappa shape index (κ3) is 4.76. The van der Waals surface area contributed by atoms with Crippen LogP contribution in [0.25, 0.3) is 0 Å². The molecule has 1 amide bonds. The third-order valence-electron chi connectivity index (χ3n) is 3.78. The van der Waals surface area contributed by atoms with Gasteiger partial charge in [-0.15, -0.1) is 0 Å². The maximum Gasteiger partial charge on any atom is 0.257 e. The number of carbonyl (C=O) groups is 1. The Labute approximate surface area is 124 Å². The molecule has 0 saturated heterocycles. The van der Waals surface area contributed by atoms with E-state index in [2.05, 4.69) is 5.32 Å². The number of carbonyl (C=O) groups excluding carboxylic acids is 1. The molecular weight excluding hydrogens is 268 g/mol. The van der Waals surface area contributed by atoms with Gasteiger partial charge < -0.3 is 15.2 Å². The molecule has 5 nitrogen and oxygen atoms in total. The van der Waals surface area contributed by atoms with Crippen LogP contribution in [0.1, 0.15) is 31.2 Å². The van der Waals surface area contributed by atoms with E-state index in [0.717, 1.165) is 25.7 Å². The Balaban J connectivity index is 1.70. The smallest absolute Gasteiger partial charge is 0.257 e. The maximum absolute atomic E-state index is 11.7. The van der Waals surface area contributed by atoms with E-state index in [4.69, 9.17) is 10.00 Å². The van der Waals surface area contributed by atoms with Crippen LogP contribution >= 0.6 is 0 Å². The molecule has 2 N–H and O–H groups in total. The van der Waals surface area contributed by atoms with Crippen LogP contribution in [0.2, 0.25) is 0 Å². The minimum absolute atomic E-state index is 0.0608. The summed E-state index contributed by atoms with van der Waals surface area (Å²) in [7, 11) is 0. The summed E-state index contributed by atoms with van der Waals surface area (Å²) in [6, 6.07) is 8.64. The van der Waals surface area contributed by atoms with Crippen molar-refractivity contribution >= 4 is 5.91 Å². The van der Waals surface area contributed by atoms with Crippen LogP contribution in [0, 0.1) is 17.2 Å². The molecular formula is C16H20N2O3. The van der Waals surface area contributed by atoms with Gasteiger partial charge in [0.15, 0.2) is 6.61 Å². The van der Waals surface area contributed by atoms with Crippen LogP contribution in [-0.2, 0) is 4.79 Å². The Morgan fingerprint density at radius 1 is 1.33 bits per heavy atom. The van der Waals surface area contributed by atoms with Crippen molar-refractivity contribution in [1.82, 2.24) is 5.32 Å². The molecule has 5 heteroatoms. The number of hydrogen-bond donors (Lipinski definition) is 2. The average Bonchev–Trinajstić information content (AvgIpc) is 2.52. The van der Waals surface area contributed by atoms with Gasteiger partial charge in [-0.05, 0) is 37.1 Å². The van der Waals surface area contributed by atoms with E-state index in [1.54, 1.807) is 24.3 Å². The Kier molecular flexibility index (Phi) is 5.59. The standard InChI is InChI=1S/C16H20N2O3/c17-9-12-5-7-14(8-6-12)21-11-16(20)18-10-13-3-1-2-4-15(13)19/h5-8,13,15,19H,1-4,10-11H2,(H,18,20). The first-order chi connectivity index (χ1) is 10.2. The number of aliphatic hydroxyl groups excluding tert-OH is 1. The van der Waals surface area contributed by atoms with Crippen LogP contribution in [0.4, 0.5) is 0 Å². The average molecular weight is 288 g/mol. The molecule has 1 aromatic rings. The van der Waals surface area contributed by atoms with Gasteiger partial charge in [0.25, 0.3) is 5.91 Å². The fourth-order valence-corrected chi connectivity index (χ4v) is 2.50. The van der Waals surface area contributed by atoms with Gasteiger partial charge in [-0.25, -0.2) is 0 Å². The summed E-state index contributed by atoms with van der Waals surface area (Å²) in [6.45, 7) is 0.436. The van der Waals surface area contributed by atoms with E-state index in [-0.39, 0.29) is 24.5 Å². The van der Waals surface area contributed by atoms with Crippen molar-refractivity contribution < 1.29 is 14.6 Å². The number of aliphatic hydroxyl groups is 1. The van der Waals surface area contributed by atoms with Crippen LogP contribution in [0.3, 0.4) is 0 Å². The van der Waals surface area contributed by atoms with E-state index in [9.17, 15) is 9.90 Å². The van der Waals surface area contributed by atoms with Crippen LogP contribution < -0.4 is 10.1 Å². The van der Waals surface area contributed by atoms with Crippen molar-refractivity contribution in [3.63, 3.8) is 0 Å². The molecule has 0 bridgehead atoms.